The molecule has 1 heterocycles. The Balaban J connectivity index is 2.12. The standard InChI is InChI=1S/C15H30N2O2S/c1-15(2,3)19-14(18)17-10-7-13(12-17)6-9-16-8-5-11-20-4/h13,16H,5-12H2,1-4H3. The topological polar surface area (TPSA) is 41.6 Å². The van der Waals surface area contributed by atoms with Crippen LogP contribution >= 0.6 is 11.8 Å². The summed E-state index contributed by atoms with van der Waals surface area (Å²) in [4.78, 5) is 13.8. The van der Waals surface area contributed by atoms with Gasteiger partial charge in [0.25, 0.3) is 0 Å². The lowest BCUT2D eigenvalue weighted by Crippen LogP contribution is -2.35. The van der Waals surface area contributed by atoms with Crippen molar-refractivity contribution in [3.05, 3.63) is 0 Å². The zero-order valence-electron chi connectivity index (χ0n) is 13.4. The Kier molecular flexibility index (Phi) is 7.74. The van der Waals surface area contributed by atoms with E-state index in [1.807, 2.05) is 37.4 Å². The van der Waals surface area contributed by atoms with E-state index in [1.165, 1.54) is 12.2 Å². The molecule has 1 aliphatic rings. The third-order valence-corrected chi connectivity index (χ3v) is 4.07. The molecule has 1 atom stereocenters. The number of likely N-dealkylation sites (tertiary alicyclic amines) is 1. The lowest BCUT2D eigenvalue weighted by molar-refractivity contribution is 0.0287. The second-order valence-corrected chi connectivity index (χ2v) is 7.45. The summed E-state index contributed by atoms with van der Waals surface area (Å²) in [6, 6.07) is 0. The van der Waals surface area contributed by atoms with Gasteiger partial charge in [-0.3, -0.25) is 0 Å². The monoisotopic (exact) mass is 302 g/mol. The normalized spacial score (nSPS) is 19.4. The molecule has 0 aromatic rings. The molecule has 0 bridgehead atoms. The summed E-state index contributed by atoms with van der Waals surface area (Å²) in [7, 11) is 0. The van der Waals surface area contributed by atoms with E-state index in [9.17, 15) is 4.79 Å². The minimum atomic E-state index is -0.395. The molecule has 1 unspecified atom stereocenters. The molecule has 4 nitrogen and oxygen atoms in total. The molecule has 1 N–H and O–H groups in total. The van der Waals surface area contributed by atoms with Crippen LogP contribution in [0.3, 0.4) is 0 Å². The van der Waals surface area contributed by atoms with Crippen molar-refractivity contribution >= 4 is 17.9 Å². The number of carbonyl (C=O) groups is 1. The van der Waals surface area contributed by atoms with Crippen LogP contribution in [0, 0.1) is 5.92 Å². The number of amides is 1. The third kappa shape index (κ3) is 7.39. The largest absolute Gasteiger partial charge is 0.444 e. The summed E-state index contributed by atoms with van der Waals surface area (Å²) >= 11 is 1.89. The SMILES string of the molecule is CSCCCNCCC1CCN(C(=O)OC(C)(C)C)C1. The minimum absolute atomic E-state index is 0.159. The van der Waals surface area contributed by atoms with Gasteiger partial charge >= 0.3 is 6.09 Å². The average Bonchev–Trinajstić information content (AvgIpc) is 2.80. The van der Waals surface area contributed by atoms with Crippen LogP contribution in [0.25, 0.3) is 0 Å². The molecule has 1 saturated heterocycles. The molecule has 0 aliphatic carbocycles. The summed E-state index contributed by atoms with van der Waals surface area (Å²) in [6.07, 6.45) is 5.47. The first-order chi connectivity index (χ1) is 9.42. The maximum absolute atomic E-state index is 11.9. The van der Waals surface area contributed by atoms with Crippen molar-refractivity contribution in [2.24, 2.45) is 5.92 Å². The van der Waals surface area contributed by atoms with E-state index < -0.39 is 5.60 Å². The van der Waals surface area contributed by atoms with Crippen molar-refractivity contribution in [1.29, 1.82) is 0 Å². The van der Waals surface area contributed by atoms with E-state index in [0.717, 1.165) is 39.0 Å². The van der Waals surface area contributed by atoms with Crippen LogP contribution in [0.2, 0.25) is 0 Å². The summed E-state index contributed by atoms with van der Waals surface area (Å²) < 4.78 is 5.41. The van der Waals surface area contributed by atoms with Gasteiger partial charge in [-0.1, -0.05) is 0 Å². The van der Waals surface area contributed by atoms with E-state index in [2.05, 4.69) is 11.6 Å². The van der Waals surface area contributed by atoms with Gasteiger partial charge in [0.15, 0.2) is 0 Å². The molecular formula is C15H30N2O2S. The smallest absolute Gasteiger partial charge is 0.410 e. The van der Waals surface area contributed by atoms with Crippen molar-refractivity contribution in [2.45, 2.75) is 45.6 Å². The van der Waals surface area contributed by atoms with Crippen LogP contribution in [0.1, 0.15) is 40.0 Å². The Morgan fingerprint density at radius 1 is 1.40 bits per heavy atom. The molecule has 1 amide bonds. The number of ether oxygens (including phenoxy) is 1. The Labute approximate surface area is 128 Å². The molecule has 0 saturated carbocycles. The average molecular weight is 302 g/mol. The molecule has 5 heteroatoms. The van der Waals surface area contributed by atoms with Gasteiger partial charge in [0, 0.05) is 13.1 Å². The maximum atomic E-state index is 11.9. The van der Waals surface area contributed by atoms with E-state index in [4.69, 9.17) is 4.74 Å². The highest BCUT2D eigenvalue weighted by atomic mass is 32.2. The van der Waals surface area contributed by atoms with Crippen molar-refractivity contribution < 1.29 is 9.53 Å². The molecule has 0 aromatic carbocycles. The van der Waals surface area contributed by atoms with Gasteiger partial charge in [-0.15, -0.1) is 0 Å². The van der Waals surface area contributed by atoms with Crippen LogP contribution in [-0.2, 0) is 4.74 Å². The van der Waals surface area contributed by atoms with Crippen molar-refractivity contribution in [1.82, 2.24) is 10.2 Å². The van der Waals surface area contributed by atoms with E-state index in [-0.39, 0.29) is 6.09 Å². The van der Waals surface area contributed by atoms with Gasteiger partial charge in [0.1, 0.15) is 5.60 Å². The molecule has 20 heavy (non-hydrogen) atoms. The molecule has 1 rings (SSSR count). The molecule has 1 fully saturated rings. The van der Waals surface area contributed by atoms with E-state index in [1.54, 1.807) is 0 Å². The van der Waals surface area contributed by atoms with Crippen LogP contribution in [-0.4, -0.2) is 54.8 Å². The second kappa shape index (κ2) is 8.78. The third-order valence-electron chi connectivity index (χ3n) is 3.37. The number of hydrogen-bond acceptors (Lipinski definition) is 4. The van der Waals surface area contributed by atoms with Crippen LogP contribution < -0.4 is 5.32 Å². The van der Waals surface area contributed by atoms with Crippen molar-refractivity contribution in [3.63, 3.8) is 0 Å². The molecular weight excluding hydrogens is 272 g/mol. The minimum Gasteiger partial charge on any atom is -0.444 e. The van der Waals surface area contributed by atoms with Gasteiger partial charge in [0.05, 0.1) is 0 Å². The fourth-order valence-electron chi connectivity index (χ4n) is 2.33. The predicted molar refractivity (Wildman–Crippen MR) is 86.4 cm³/mol. The number of nitrogens with zero attached hydrogens (tertiary/aromatic N) is 1. The Morgan fingerprint density at radius 2 is 2.15 bits per heavy atom. The Morgan fingerprint density at radius 3 is 2.80 bits per heavy atom. The summed E-state index contributed by atoms with van der Waals surface area (Å²) in [5.74, 6) is 1.85. The summed E-state index contributed by atoms with van der Waals surface area (Å²) in [6.45, 7) is 9.59. The van der Waals surface area contributed by atoms with Gasteiger partial charge in [-0.05, 0) is 71.0 Å². The second-order valence-electron chi connectivity index (χ2n) is 6.47. The first-order valence-electron chi connectivity index (χ1n) is 7.60. The number of rotatable bonds is 7. The highest BCUT2D eigenvalue weighted by Crippen LogP contribution is 2.21. The summed E-state index contributed by atoms with van der Waals surface area (Å²) in [5, 5.41) is 3.48. The molecule has 0 aromatic heterocycles. The fourth-order valence-corrected chi connectivity index (χ4v) is 2.77. The van der Waals surface area contributed by atoms with Gasteiger partial charge in [0.2, 0.25) is 0 Å². The summed E-state index contributed by atoms with van der Waals surface area (Å²) in [5.41, 5.74) is -0.395. The van der Waals surface area contributed by atoms with Gasteiger partial charge in [-0.2, -0.15) is 11.8 Å². The number of carbonyl (C=O) groups excluding carboxylic acids is 1. The number of nitrogens with one attached hydrogen (secondary N) is 1. The highest BCUT2D eigenvalue weighted by Gasteiger charge is 2.29. The van der Waals surface area contributed by atoms with Gasteiger partial charge in [-0.25, -0.2) is 4.79 Å². The quantitative estimate of drug-likeness (QED) is 0.734. The van der Waals surface area contributed by atoms with E-state index in [0.29, 0.717) is 5.92 Å². The van der Waals surface area contributed by atoms with Crippen molar-refractivity contribution in [2.75, 3.05) is 38.2 Å². The zero-order chi connectivity index (χ0) is 15.0. The molecule has 1 aliphatic heterocycles. The fraction of sp³-hybridized carbons (Fsp3) is 0.933. The zero-order valence-corrected chi connectivity index (χ0v) is 14.2. The Hall–Kier alpha value is -0.420. The molecule has 0 radical (unpaired) electrons. The number of hydrogen-bond donors (Lipinski definition) is 1. The van der Waals surface area contributed by atoms with Crippen molar-refractivity contribution in [3.8, 4) is 0 Å². The Bertz CT molecular complexity index is 292. The number of thioether (sulfide) groups is 1. The maximum Gasteiger partial charge on any atom is 0.410 e. The first-order valence-corrected chi connectivity index (χ1v) is 8.99. The van der Waals surface area contributed by atoms with Crippen LogP contribution in [0.4, 0.5) is 4.79 Å². The predicted octanol–water partition coefficient (Wildman–Crippen LogP) is 2.98. The van der Waals surface area contributed by atoms with E-state index >= 15 is 0 Å². The highest BCUT2D eigenvalue weighted by molar-refractivity contribution is 7.98. The lowest BCUT2D eigenvalue weighted by Gasteiger charge is -2.24. The van der Waals surface area contributed by atoms with Crippen LogP contribution in [0.5, 0.6) is 0 Å². The molecule has 0 spiro atoms. The van der Waals surface area contributed by atoms with Gasteiger partial charge < -0.3 is 15.0 Å². The lowest BCUT2D eigenvalue weighted by atomic mass is 10.1. The molecule has 118 valence electrons. The first kappa shape index (κ1) is 17.6. The van der Waals surface area contributed by atoms with Crippen LogP contribution in [0.15, 0.2) is 0 Å².